The second-order valence-electron chi connectivity index (χ2n) is 4.26. The average Bonchev–Trinajstić information content (AvgIpc) is 2.48. The first-order valence-corrected chi connectivity index (χ1v) is 6.54. The number of hydrogen-bond donors (Lipinski definition) is 2. The van der Waals surface area contributed by atoms with Gasteiger partial charge in [0.05, 0.1) is 24.7 Å². The van der Waals surface area contributed by atoms with Crippen molar-refractivity contribution in [3.8, 4) is 17.1 Å². The molecular formula is C14H17N5O2. The lowest BCUT2D eigenvalue weighted by molar-refractivity contribution is 0.0932. The van der Waals surface area contributed by atoms with Crippen molar-refractivity contribution in [1.82, 2.24) is 25.8 Å². The number of carbonyl (C=O) groups is 1. The summed E-state index contributed by atoms with van der Waals surface area (Å²) in [7, 11) is 1.61. The Kier molecular flexibility index (Phi) is 4.78. The minimum absolute atomic E-state index is 0.232. The number of aryl methyl sites for hydroxylation is 1. The maximum absolute atomic E-state index is 11.7. The molecule has 0 aliphatic heterocycles. The van der Waals surface area contributed by atoms with Crippen molar-refractivity contribution < 1.29 is 9.53 Å². The van der Waals surface area contributed by atoms with Crippen molar-refractivity contribution in [2.24, 2.45) is 0 Å². The van der Waals surface area contributed by atoms with Crippen LogP contribution in [0.2, 0.25) is 0 Å². The number of ether oxygens (including phenoxy) is 1. The molecule has 110 valence electrons. The van der Waals surface area contributed by atoms with E-state index in [1.165, 1.54) is 6.20 Å². The van der Waals surface area contributed by atoms with Crippen molar-refractivity contribution in [3.05, 3.63) is 35.9 Å². The minimum Gasteiger partial charge on any atom is -0.478 e. The third-order valence-electron chi connectivity index (χ3n) is 2.76. The molecule has 2 rings (SSSR count). The molecular weight excluding hydrogens is 270 g/mol. The first kappa shape index (κ1) is 14.9. The third kappa shape index (κ3) is 3.51. The fourth-order valence-corrected chi connectivity index (χ4v) is 1.81. The third-order valence-corrected chi connectivity index (χ3v) is 2.76. The van der Waals surface area contributed by atoms with Gasteiger partial charge in [0.2, 0.25) is 5.88 Å². The van der Waals surface area contributed by atoms with E-state index in [9.17, 15) is 4.79 Å². The van der Waals surface area contributed by atoms with E-state index in [1.54, 1.807) is 19.4 Å². The molecule has 2 aromatic rings. The summed E-state index contributed by atoms with van der Waals surface area (Å²) in [5.74, 6) is 0.221. The molecule has 7 heteroatoms. The van der Waals surface area contributed by atoms with Gasteiger partial charge in [-0.1, -0.05) is 0 Å². The highest BCUT2D eigenvalue weighted by molar-refractivity contribution is 5.92. The standard InChI is InChI=1S/C14H17N5O2/c1-4-21-13-5-9(2)10(6-17-13)11-7-16-8-12(18-11)14(20)19-15-3/h5-8,15H,4H2,1-3H3,(H,19,20). The summed E-state index contributed by atoms with van der Waals surface area (Å²) in [6.07, 6.45) is 4.68. The zero-order valence-electron chi connectivity index (χ0n) is 12.2. The highest BCUT2D eigenvalue weighted by Gasteiger charge is 2.11. The number of aromatic nitrogens is 3. The summed E-state index contributed by atoms with van der Waals surface area (Å²) in [4.78, 5) is 24.3. The number of carbonyl (C=O) groups excluding carboxylic acids is 1. The van der Waals surface area contributed by atoms with Gasteiger partial charge < -0.3 is 4.74 Å². The molecule has 0 bridgehead atoms. The van der Waals surface area contributed by atoms with E-state index in [4.69, 9.17) is 4.74 Å². The fourth-order valence-electron chi connectivity index (χ4n) is 1.81. The number of rotatable bonds is 5. The van der Waals surface area contributed by atoms with Crippen LogP contribution in [-0.4, -0.2) is 34.5 Å². The molecule has 0 fully saturated rings. The molecule has 0 aliphatic rings. The number of hydrogen-bond acceptors (Lipinski definition) is 6. The predicted molar refractivity (Wildman–Crippen MR) is 77.7 cm³/mol. The van der Waals surface area contributed by atoms with Crippen LogP contribution in [0.15, 0.2) is 24.7 Å². The molecule has 2 aromatic heterocycles. The van der Waals surface area contributed by atoms with Crippen LogP contribution in [0.4, 0.5) is 0 Å². The van der Waals surface area contributed by atoms with Crippen LogP contribution in [0, 0.1) is 6.92 Å². The van der Waals surface area contributed by atoms with E-state index in [0.29, 0.717) is 18.2 Å². The Bertz CT molecular complexity index is 645. The molecule has 0 unspecified atom stereocenters. The summed E-state index contributed by atoms with van der Waals surface area (Å²) in [6, 6.07) is 1.83. The Hall–Kier alpha value is -2.54. The Labute approximate surface area is 122 Å². The van der Waals surface area contributed by atoms with Gasteiger partial charge in [-0.2, -0.15) is 0 Å². The molecule has 2 N–H and O–H groups in total. The van der Waals surface area contributed by atoms with E-state index in [0.717, 1.165) is 11.1 Å². The molecule has 21 heavy (non-hydrogen) atoms. The van der Waals surface area contributed by atoms with Gasteiger partial charge in [0.15, 0.2) is 0 Å². The van der Waals surface area contributed by atoms with Crippen molar-refractivity contribution in [2.45, 2.75) is 13.8 Å². The molecule has 1 amide bonds. The van der Waals surface area contributed by atoms with Gasteiger partial charge in [0.1, 0.15) is 5.69 Å². The van der Waals surface area contributed by atoms with Gasteiger partial charge in [-0.25, -0.2) is 15.4 Å². The van der Waals surface area contributed by atoms with E-state index in [2.05, 4.69) is 25.8 Å². The Balaban J connectivity index is 2.34. The molecule has 0 saturated heterocycles. The molecule has 0 atom stereocenters. The first-order chi connectivity index (χ1) is 10.2. The van der Waals surface area contributed by atoms with Crippen molar-refractivity contribution in [3.63, 3.8) is 0 Å². The lowest BCUT2D eigenvalue weighted by atomic mass is 10.1. The summed E-state index contributed by atoms with van der Waals surface area (Å²) in [5.41, 5.74) is 7.60. The van der Waals surface area contributed by atoms with Crippen LogP contribution in [0.25, 0.3) is 11.3 Å². The fraction of sp³-hybridized carbons (Fsp3) is 0.286. The Morgan fingerprint density at radius 1 is 1.33 bits per heavy atom. The van der Waals surface area contributed by atoms with Crippen LogP contribution in [0.5, 0.6) is 5.88 Å². The topological polar surface area (TPSA) is 89.0 Å². The van der Waals surface area contributed by atoms with Gasteiger partial charge in [0, 0.05) is 24.9 Å². The number of hydrazine groups is 1. The van der Waals surface area contributed by atoms with Gasteiger partial charge >= 0.3 is 0 Å². The van der Waals surface area contributed by atoms with Crippen molar-refractivity contribution in [2.75, 3.05) is 13.7 Å². The second-order valence-corrected chi connectivity index (χ2v) is 4.26. The quantitative estimate of drug-likeness (QED) is 0.801. The maximum atomic E-state index is 11.7. The zero-order chi connectivity index (χ0) is 15.2. The average molecular weight is 287 g/mol. The molecule has 0 aliphatic carbocycles. The number of nitrogens with one attached hydrogen (secondary N) is 2. The second kappa shape index (κ2) is 6.76. The Morgan fingerprint density at radius 3 is 2.81 bits per heavy atom. The van der Waals surface area contributed by atoms with E-state index in [1.807, 2.05) is 19.9 Å². The van der Waals surface area contributed by atoms with Crippen LogP contribution < -0.4 is 15.6 Å². The zero-order valence-corrected chi connectivity index (χ0v) is 12.2. The lowest BCUT2D eigenvalue weighted by Gasteiger charge is -2.08. The Morgan fingerprint density at radius 2 is 2.14 bits per heavy atom. The lowest BCUT2D eigenvalue weighted by Crippen LogP contribution is -2.34. The maximum Gasteiger partial charge on any atom is 0.285 e. The molecule has 0 aromatic carbocycles. The minimum atomic E-state index is -0.344. The SMILES string of the molecule is CCOc1cc(C)c(-c2cncc(C(=O)NNC)n2)cn1. The van der Waals surface area contributed by atoms with Crippen LogP contribution in [0.1, 0.15) is 23.0 Å². The highest BCUT2D eigenvalue weighted by atomic mass is 16.5. The predicted octanol–water partition coefficient (Wildman–Crippen LogP) is 1.11. The van der Waals surface area contributed by atoms with E-state index >= 15 is 0 Å². The van der Waals surface area contributed by atoms with Crippen LogP contribution in [-0.2, 0) is 0 Å². The number of amides is 1. The molecule has 2 heterocycles. The smallest absolute Gasteiger partial charge is 0.285 e. The van der Waals surface area contributed by atoms with Gasteiger partial charge in [-0.15, -0.1) is 0 Å². The monoisotopic (exact) mass is 287 g/mol. The normalized spacial score (nSPS) is 10.2. The highest BCUT2D eigenvalue weighted by Crippen LogP contribution is 2.23. The van der Waals surface area contributed by atoms with Crippen molar-refractivity contribution >= 4 is 5.91 Å². The largest absolute Gasteiger partial charge is 0.478 e. The summed E-state index contributed by atoms with van der Waals surface area (Å²) in [6.45, 7) is 4.40. The van der Waals surface area contributed by atoms with Gasteiger partial charge in [-0.05, 0) is 19.4 Å². The number of pyridine rings is 1. The first-order valence-electron chi connectivity index (χ1n) is 6.54. The van der Waals surface area contributed by atoms with Gasteiger partial charge in [0.25, 0.3) is 5.91 Å². The van der Waals surface area contributed by atoms with E-state index < -0.39 is 0 Å². The van der Waals surface area contributed by atoms with Crippen LogP contribution in [0.3, 0.4) is 0 Å². The van der Waals surface area contributed by atoms with E-state index in [-0.39, 0.29) is 11.6 Å². The van der Waals surface area contributed by atoms with Gasteiger partial charge in [-0.3, -0.25) is 15.2 Å². The molecule has 7 nitrogen and oxygen atoms in total. The summed E-state index contributed by atoms with van der Waals surface area (Å²) in [5, 5.41) is 0. The molecule has 0 spiro atoms. The number of nitrogens with zero attached hydrogens (tertiary/aromatic N) is 3. The molecule has 0 saturated carbocycles. The summed E-state index contributed by atoms with van der Waals surface area (Å²) < 4.78 is 5.35. The van der Waals surface area contributed by atoms with Crippen LogP contribution >= 0.6 is 0 Å². The molecule has 0 radical (unpaired) electrons. The summed E-state index contributed by atoms with van der Waals surface area (Å²) >= 11 is 0. The van der Waals surface area contributed by atoms with Crippen molar-refractivity contribution in [1.29, 1.82) is 0 Å².